The molecule has 2 N–H and O–H groups in total. The highest BCUT2D eigenvalue weighted by atomic mass is 19.1. The Kier molecular flexibility index (Phi) is 6.89. The summed E-state index contributed by atoms with van der Waals surface area (Å²) in [6.07, 6.45) is 5.13. The minimum absolute atomic E-state index is 0.0713. The molecule has 3 rings (SSSR count). The Morgan fingerprint density at radius 1 is 1.13 bits per heavy atom. The van der Waals surface area contributed by atoms with Gasteiger partial charge in [0, 0.05) is 11.6 Å². The summed E-state index contributed by atoms with van der Waals surface area (Å²) in [7, 11) is 1.43. The number of carbonyl (C=O) groups excluding carboxylic acids is 1. The fourth-order valence-corrected chi connectivity index (χ4v) is 3.54. The number of carboxylic acid groups (broad SMARTS) is 1. The standard InChI is InChI=1S/C23H23F2NO5/c1-30-20-12-15(5-9-21(27)26-23(22(28)29)10-2-3-11-23)4-8-19(20)31-14-16-13-17(24)6-7-18(16)25/h4-9,12-13H,2-3,10-11,14H2,1H3,(H,26,27)(H,28,29). The first kappa shape index (κ1) is 22.3. The molecule has 1 aliphatic rings. The van der Waals surface area contributed by atoms with Crippen LogP contribution in [0.2, 0.25) is 0 Å². The van der Waals surface area contributed by atoms with Gasteiger partial charge in [0.05, 0.1) is 7.11 Å². The van der Waals surface area contributed by atoms with E-state index in [2.05, 4.69) is 5.32 Å². The minimum atomic E-state index is -1.21. The Balaban J connectivity index is 1.67. The molecule has 0 bridgehead atoms. The van der Waals surface area contributed by atoms with E-state index < -0.39 is 29.0 Å². The maximum atomic E-state index is 13.8. The molecule has 0 saturated heterocycles. The van der Waals surface area contributed by atoms with E-state index in [0.29, 0.717) is 29.9 Å². The van der Waals surface area contributed by atoms with Crippen LogP contribution < -0.4 is 14.8 Å². The molecule has 0 heterocycles. The third kappa shape index (κ3) is 5.39. The van der Waals surface area contributed by atoms with Crippen LogP contribution in [-0.2, 0) is 16.2 Å². The summed E-state index contributed by atoms with van der Waals surface area (Å²) in [6, 6.07) is 7.98. The highest BCUT2D eigenvalue weighted by Gasteiger charge is 2.42. The van der Waals surface area contributed by atoms with Crippen LogP contribution in [0, 0.1) is 11.6 Å². The van der Waals surface area contributed by atoms with Crippen molar-refractivity contribution in [1.29, 1.82) is 0 Å². The number of benzene rings is 2. The van der Waals surface area contributed by atoms with Gasteiger partial charge in [-0.2, -0.15) is 0 Å². The highest BCUT2D eigenvalue weighted by Crippen LogP contribution is 2.31. The molecule has 1 saturated carbocycles. The van der Waals surface area contributed by atoms with Crippen molar-refractivity contribution < 1.29 is 33.0 Å². The molecule has 0 unspecified atom stereocenters. The molecule has 31 heavy (non-hydrogen) atoms. The lowest BCUT2D eigenvalue weighted by molar-refractivity contribution is -0.146. The molecule has 0 aliphatic heterocycles. The van der Waals surface area contributed by atoms with Crippen LogP contribution in [-0.4, -0.2) is 29.6 Å². The third-order valence-corrected chi connectivity index (χ3v) is 5.23. The Labute approximate surface area is 178 Å². The molecule has 2 aromatic carbocycles. The maximum absolute atomic E-state index is 13.8. The number of aliphatic carboxylic acids is 1. The van der Waals surface area contributed by atoms with E-state index in [1.807, 2.05) is 0 Å². The lowest BCUT2D eigenvalue weighted by atomic mass is 9.98. The maximum Gasteiger partial charge on any atom is 0.329 e. The first-order valence-electron chi connectivity index (χ1n) is 9.81. The fraction of sp³-hybridized carbons (Fsp3) is 0.304. The Hall–Kier alpha value is -3.42. The van der Waals surface area contributed by atoms with Gasteiger partial charge >= 0.3 is 5.97 Å². The van der Waals surface area contributed by atoms with Crippen LogP contribution in [0.15, 0.2) is 42.5 Å². The van der Waals surface area contributed by atoms with Crippen molar-refractivity contribution in [1.82, 2.24) is 5.32 Å². The second kappa shape index (κ2) is 9.59. The van der Waals surface area contributed by atoms with Gasteiger partial charge in [0.25, 0.3) is 0 Å². The van der Waals surface area contributed by atoms with Gasteiger partial charge in [0.1, 0.15) is 23.8 Å². The second-order valence-electron chi connectivity index (χ2n) is 7.35. The molecule has 0 spiro atoms. The normalized spacial score (nSPS) is 15.1. The van der Waals surface area contributed by atoms with Crippen LogP contribution in [0.25, 0.3) is 6.08 Å². The first-order valence-corrected chi connectivity index (χ1v) is 9.81. The van der Waals surface area contributed by atoms with E-state index in [4.69, 9.17) is 9.47 Å². The lowest BCUT2D eigenvalue weighted by Crippen LogP contribution is -2.52. The summed E-state index contributed by atoms with van der Waals surface area (Å²) in [5.41, 5.74) is -0.516. The molecule has 8 heteroatoms. The molecule has 0 radical (unpaired) electrons. The number of hydrogen-bond acceptors (Lipinski definition) is 4. The van der Waals surface area contributed by atoms with Crippen LogP contribution >= 0.6 is 0 Å². The van der Waals surface area contributed by atoms with Gasteiger partial charge in [-0.3, -0.25) is 4.79 Å². The van der Waals surface area contributed by atoms with Crippen molar-refractivity contribution in [3.8, 4) is 11.5 Å². The Bertz CT molecular complexity index is 999. The zero-order valence-electron chi connectivity index (χ0n) is 17.0. The minimum Gasteiger partial charge on any atom is -0.493 e. The van der Waals surface area contributed by atoms with Gasteiger partial charge in [-0.15, -0.1) is 0 Å². The van der Waals surface area contributed by atoms with Crippen LogP contribution in [0.1, 0.15) is 36.8 Å². The quantitative estimate of drug-likeness (QED) is 0.616. The zero-order valence-corrected chi connectivity index (χ0v) is 17.0. The largest absolute Gasteiger partial charge is 0.493 e. The highest BCUT2D eigenvalue weighted by molar-refractivity contribution is 5.96. The molecule has 1 fully saturated rings. The van der Waals surface area contributed by atoms with Gasteiger partial charge in [-0.25, -0.2) is 13.6 Å². The number of halogens is 2. The van der Waals surface area contributed by atoms with Crippen molar-refractivity contribution in [3.63, 3.8) is 0 Å². The van der Waals surface area contributed by atoms with E-state index >= 15 is 0 Å². The summed E-state index contributed by atoms with van der Waals surface area (Å²) in [5.74, 6) is -1.99. The molecule has 0 atom stereocenters. The summed E-state index contributed by atoms with van der Waals surface area (Å²) in [4.78, 5) is 23.8. The van der Waals surface area contributed by atoms with Crippen molar-refractivity contribution in [2.24, 2.45) is 0 Å². The van der Waals surface area contributed by atoms with Crippen molar-refractivity contribution in [2.75, 3.05) is 7.11 Å². The summed E-state index contributed by atoms with van der Waals surface area (Å²) in [6.45, 7) is -0.186. The molecule has 0 aromatic heterocycles. The van der Waals surface area contributed by atoms with Crippen molar-refractivity contribution >= 4 is 18.0 Å². The Morgan fingerprint density at radius 2 is 1.87 bits per heavy atom. The number of methoxy groups -OCH3 is 1. The van der Waals surface area contributed by atoms with Crippen molar-refractivity contribution in [2.45, 2.75) is 37.8 Å². The van der Waals surface area contributed by atoms with E-state index in [1.165, 1.54) is 19.3 Å². The number of rotatable bonds is 8. The van der Waals surface area contributed by atoms with Gasteiger partial charge < -0.3 is 19.9 Å². The molecule has 2 aromatic rings. The SMILES string of the molecule is COc1cc(C=CC(=O)NC2(C(=O)O)CCCC2)ccc1OCc1cc(F)ccc1F. The monoisotopic (exact) mass is 431 g/mol. The summed E-state index contributed by atoms with van der Waals surface area (Å²) < 4.78 is 37.9. The molecular weight excluding hydrogens is 408 g/mol. The third-order valence-electron chi connectivity index (χ3n) is 5.23. The number of carbonyl (C=O) groups is 2. The number of ether oxygens (including phenoxy) is 2. The topological polar surface area (TPSA) is 84.9 Å². The number of amides is 1. The van der Waals surface area contributed by atoms with E-state index in [1.54, 1.807) is 18.2 Å². The number of hydrogen-bond donors (Lipinski definition) is 2. The number of nitrogens with one attached hydrogen (secondary N) is 1. The van der Waals surface area contributed by atoms with Crippen LogP contribution in [0.5, 0.6) is 11.5 Å². The van der Waals surface area contributed by atoms with E-state index in [-0.39, 0.29) is 12.2 Å². The smallest absolute Gasteiger partial charge is 0.329 e. The summed E-state index contributed by atoms with van der Waals surface area (Å²) in [5, 5.41) is 12.1. The van der Waals surface area contributed by atoms with Gasteiger partial charge in [-0.1, -0.05) is 18.9 Å². The van der Waals surface area contributed by atoms with Gasteiger partial charge in [0.2, 0.25) is 5.91 Å². The van der Waals surface area contributed by atoms with Gasteiger partial charge in [-0.05, 0) is 54.8 Å². The number of carboxylic acids is 1. The molecular formula is C23H23F2NO5. The predicted molar refractivity (Wildman–Crippen MR) is 110 cm³/mol. The van der Waals surface area contributed by atoms with E-state index in [0.717, 1.165) is 31.0 Å². The zero-order chi connectivity index (χ0) is 22.4. The second-order valence-corrected chi connectivity index (χ2v) is 7.35. The molecule has 164 valence electrons. The summed E-state index contributed by atoms with van der Waals surface area (Å²) >= 11 is 0. The molecule has 1 amide bonds. The average molecular weight is 431 g/mol. The molecule has 1 aliphatic carbocycles. The predicted octanol–water partition coefficient (Wildman–Crippen LogP) is 4.08. The molecule has 6 nitrogen and oxygen atoms in total. The lowest BCUT2D eigenvalue weighted by Gasteiger charge is -2.24. The van der Waals surface area contributed by atoms with E-state index in [9.17, 15) is 23.5 Å². The first-order chi connectivity index (χ1) is 14.8. The van der Waals surface area contributed by atoms with Crippen LogP contribution in [0.4, 0.5) is 8.78 Å². The fourth-order valence-electron chi connectivity index (χ4n) is 3.54. The van der Waals surface area contributed by atoms with Gasteiger partial charge in [0.15, 0.2) is 11.5 Å². The average Bonchev–Trinajstić information content (AvgIpc) is 3.23. The van der Waals surface area contributed by atoms with Crippen LogP contribution in [0.3, 0.4) is 0 Å². The Morgan fingerprint density at radius 3 is 2.55 bits per heavy atom. The van der Waals surface area contributed by atoms with Crippen molar-refractivity contribution in [3.05, 3.63) is 65.2 Å².